The van der Waals surface area contributed by atoms with Gasteiger partial charge in [0.15, 0.2) is 0 Å². The molecule has 0 aromatic heterocycles. The number of carboxylic acids is 1. The third kappa shape index (κ3) is 3.74. The molecule has 76 valence electrons. The van der Waals surface area contributed by atoms with Crippen molar-refractivity contribution in [3.63, 3.8) is 0 Å². The summed E-state index contributed by atoms with van der Waals surface area (Å²) in [7, 11) is 0. The van der Waals surface area contributed by atoms with Crippen molar-refractivity contribution < 1.29 is 9.90 Å². The van der Waals surface area contributed by atoms with E-state index >= 15 is 0 Å². The summed E-state index contributed by atoms with van der Waals surface area (Å²) in [6, 6.07) is 0.0453. The van der Waals surface area contributed by atoms with Gasteiger partial charge >= 0.3 is 5.97 Å². The molecule has 0 saturated carbocycles. The topological polar surface area (TPSA) is 75.4 Å². The summed E-state index contributed by atoms with van der Waals surface area (Å²) in [6.07, 6.45) is 3.08. The Kier molecular flexibility index (Phi) is 4.18. The maximum Gasteiger partial charge on any atom is 0.303 e. The van der Waals surface area contributed by atoms with E-state index in [-0.39, 0.29) is 12.5 Å². The molecule has 1 rings (SSSR count). The van der Waals surface area contributed by atoms with Gasteiger partial charge in [0.1, 0.15) is 0 Å². The number of carboxylic acid groups (broad SMARTS) is 1. The highest BCUT2D eigenvalue weighted by molar-refractivity contribution is 5.66. The molecule has 0 aromatic carbocycles. The van der Waals surface area contributed by atoms with Crippen LogP contribution in [0.25, 0.3) is 0 Å². The van der Waals surface area contributed by atoms with Crippen LogP contribution in [0.5, 0.6) is 0 Å². The third-order valence-electron chi connectivity index (χ3n) is 2.63. The van der Waals surface area contributed by atoms with E-state index in [9.17, 15) is 4.79 Å². The molecule has 4 N–H and O–H groups in total. The second kappa shape index (κ2) is 5.19. The van der Waals surface area contributed by atoms with Gasteiger partial charge in [-0.2, -0.15) is 0 Å². The predicted octanol–water partition coefficient (Wildman–Crippen LogP) is 0.178. The molecule has 1 heterocycles. The number of aliphatic carboxylic acids is 1. The van der Waals surface area contributed by atoms with Gasteiger partial charge in [-0.3, -0.25) is 4.79 Å². The first-order valence-corrected chi connectivity index (χ1v) is 4.88. The molecule has 0 spiro atoms. The van der Waals surface area contributed by atoms with Crippen LogP contribution in [0, 0.1) is 5.92 Å². The van der Waals surface area contributed by atoms with Gasteiger partial charge in [0.25, 0.3) is 0 Å². The zero-order valence-electron chi connectivity index (χ0n) is 7.83. The van der Waals surface area contributed by atoms with Crippen molar-refractivity contribution in [1.29, 1.82) is 0 Å². The zero-order chi connectivity index (χ0) is 9.68. The molecule has 1 saturated heterocycles. The van der Waals surface area contributed by atoms with Crippen molar-refractivity contribution in [2.45, 2.75) is 31.7 Å². The zero-order valence-corrected chi connectivity index (χ0v) is 7.83. The summed E-state index contributed by atoms with van der Waals surface area (Å²) in [5, 5.41) is 11.8. The maximum absolute atomic E-state index is 10.3. The van der Waals surface area contributed by atoms with Gasteiger partial charge in [-0.1, -0.05) is 0 Å². The minimum atomic E-state index is -0.751. The lowest BCUT2D eigenvalue weighted by Gasteiger charge is -2.27. The fourth-order valence-electron chi connectivity index (χ4n) is 1.77. The summed E-state index contributed by atoms with van der Waals surface area (Å²) in [6.45, 7) is 2.02. The van der Waals surface area contributed by atoms with E-state index in [1.54, 1.807) is 0 Å². The molecule has 13 heavy (non-hydrogen) atoms. The molecule has 4 nitrogen and oxygen atoms in total. The molecular formula is C9H18N2O2. The predicted molar refractivity (Wildman–Crippen MR) is 50.4 cm³/mol. The maximum atomic E-state index is 10.3. The molecule has 1 aliphatic heterocycles. The molecule has 1 aliphatic rings. The van der Waals surface area contributed by atoms with Crippen LogP contribution >= 0.6 is 0 Å². The van der Waals surface area contributed by atoms with Crippen molar-refractivity contribution in [2.75, 3.05) is 13.1 Å². The van der Waals surface area contributed by atoms with E-state index in [0.29, 0.717) is 12.3 Å². The monoisotopic (exact) mass is 186 g/mol. The Hall–Kier alpha value is -0.610. The molecule has 2 atom stereocenters. The van der Waals surface area contributed by atoms with Crippen LogP contribution < -0.4 is 11.1 Å². The quantitative estimate of drug-likeness (QED) is 0.585. The molecule has 0 radical (unpaired) electrons. The van der Waals surface area contributed by atoms with Crippen molar-refractivity contribution in [2.24, 2.45) is 11.7 Å². The van der Waals surface area contributed by atoms with Gasteiger partial charge in [-0.15, -0.1) is 0 Å². The van der Waals surface area contributed by atoms with E-state index in [4.69, 9.17) is 10.8 Å². The smallest absolute Gasteiger partial charge is 0.303 e. The summed E-state index contributed by atoms with van der Waals surface area (Å²) in [5.74, 6) is -0.285. The Bertz CT molecular complexity index is 167. The van der Waals surface area contributed by atoms with E-state index in [1.165, 1.54) is 0 Å². The molecule has 0 bridgehead atoms. The molecule has 0 aromatic rings. The van der Waals surface area contributed by atoms with E-state index in [0.717, 1.165) is 25.9 Å². The largest absolute Gasteiger partial charge is 0.481 e. The molecule has 0 amide bonds. The lowest BCUT2D eigenvalue weighted by molar-refractivity contribution is -0.137. The van der Waals surface area contributed by atoms with Gasteiger partial charge < -0.3 is 16.2 Å². The Morgan fingerprint density at radius 3 is 3.00 bits per heavy atom. The summed E-state index contributed by atoms with van der Waals surface area (Å²) in [4.78, 5) is 10.3. The van der Waals surface area contributed by atoms with E-state index in [1.807, 2.05) is 0 Å². The van der Waals surface area contributed by atoms with Gasteiger partial charge in [-0.05, 0) is 38.3 Å². The normalized spacial score (nSPS) is 25.5. The fraction of sp³-hybridized carbons (Fsp3) is 0.889. The van der Waals surface area contributed by atoms with E-state index in [2.05, 4.69) is 5.32 Å². The van der Waals surface area contributed by atoms with Gasteiger partial charge in [0.05, 0.1) is 0 Å². The Balaban J connectivity index is 2.20. The molecular weight excluding hydrogens is 168 g/mol. The minimum absolute atomic E-state index is 0.0453. The van der Waals surface area contributed by atoms with Crippen molar-refractivity contribution in [3.8, 4) is 0 Å². The summed E-state index contributed by atoms with van der Waals surface area (Å²) in [5.41, 5.74) is 5.89. The van der Waals surface area contributed by atoms with Crippen LogP contribution in [0.2, 0.25) is 0 Å². The Labute approximate surface area is 78.5 Å². The van der Waals surface area contributed by atoms with Crippen LogP contribution in [0.4, 0.5) is 0 Å². The number of hydrogen-bond acceptors (Lipinski definition) is 3. The first-order valence-electron chi connectivity index (χ1n) is 4.88. The molecule has 1 fully saturated rings. The van der Waals surface area contributed by atoms with Crippen LogP contribution in [0.1, 0.15) is 25.7 Å². The third-order valence-corrected chi connectivity index (χ3v) is 2.63. The standard InChI is InChI=1S/C9H18N2O2/c10-8(3-4-9(12)13)7-2-1-5-11-6-7/h7-8,11H,1-6,10H2,(H,12,13). The molecule has 2 unspecified atom stereocenters. The van der Waals surface area contributed by atoms with Crippen LogP contribution in [-0.2, 0) is 4.79 Å². The Morgan fingerprint density at radius 2 is 2.46 bits per heavy atom. The second-order valence-corrected chi connectivity index (χ2v) is 3.70. The first-order chi connectivity index (χ1) is 6.20. The number of piperidine rings is 1. The highest BCUT2D eigenvalue weighted by atomic mass is 16.4. The van der Waals surface area contributed by atoms with Gasteiger partial charge in [0.2, 0.25) is 0 Å². The van der Waals surface area contributed by atoms with Crippen molar-refractivity contribution in [1.82, 2.24) is 5.32 Å². The highest BCUT2D eigenvalue weighted by Gasteiger charge is 2.20. The average molecular weight is 186 g/mol. The number of nitrogens with two attached hydrogens (primary N) is 1. The second-order valence-electron chi connectivity index (χ2n) is 3.70. The van der Waals surface area contributed by atoms with Gasteiger partial charge in [0, 0.05) is 12.5 Å². The fourth-order valence-corrected chi connectivity index (χ4v) is 1.77. The SMILES string of the molecule is NC(CCC(=O)O)C1CCCNC1. The van der Waals surface area contributed by atoms with Crippen molar-refractivity contribution in [3.05, 3.63) is 0 Å². The van der Waals surface area contributed by atoms with Crippen LogP contribution in [0.3, 0.4) is 0 Å². The van der Waals surface area contributed by atoms with E-state index < -0.39 is 5.97 Å². The Morgan fingerprint density at radius 1 is 1.69 bits per heavy atom. The van der Waals surface area contributed by atoms with Crippen LogP contribution in [-0.4, -0.2) is 30.2 Å². The average Bonchev–Trinajstić information content (AvgIpc) is 2.15. The number of carbonyl (C=O) groups is 1. The lowest BCUT2D eigenvalue weighted by atomic mass is 9.90. The van der Waals surface area contributed by atoms with Crippen molar-refractivity contribution >= 4 is 5.97 Å². The highest BCUT2D eigenvalue weighted by Crippen LogP contribution is 2.15. The number of rotatable bonds is 4. The first kappa shape index (κ1) is 10.5. The summed E-state index contributed by atoms with van der Waals surface area (Å²) >= 11 is 0. The molecule has 0 aliphatic carbocycles. The number of hydrogen-bond donors (Lipinski definition) is 3. The summed E-state index contributed by atoms with van der Waals surface area (Å²) < 4.78 is 0. The lowest BCUT2D eigenvalue weighted by Crippen LogP contribution is -2.41. The number of nitrogens with one attached hydrogen (secondary N) is 1. The van der Waals surface area contributed by atoms with Crippen LogP contribution in [0.15, 0.2) is 0 Å². The minimum Gasteiger partial charge on any atom is -0.481 e. The molecule has 4 heteroatoms. The van der Waals surface area contributed by atoms with Gasteiger partial charge in [-0.25, -0.2) is 0 Å².